The standard InChI is InChI=1S/C27H25N3O5/c1-33-24-14-13-19(15-25(24)34-2)17-28-26(31)18-35-27(32)23-16-22(20-9-5-3-6-10-20)29-30(23)21-11-7-4-8-12-21/h3-16H,17-18H2,1-2H3,(H,28,31). The number of carbonyl (C=O) groups excluding carboxylic acids is 2. The first-order valence-corrected chi connectivity index (χ1v) is 10.9. The Morgan fingerprint density at radius 1 is 0.857 bits per heavy atom. The van der Waals surface area contributed by atoms with Crippen LogP contribution in [-0.4, -0.2) is 42.5 Å². The number of esters is 1. The van der Waals surface area contributed by atoms with Crippen LogP contribution in [0.3, 0.4) is 0 Å². The van der Waals surface area contributed by atoms with Gasteiger partial charge in [0.05, 0.1) is 25.6 Å². The molecule has 0 fully saturated rings. The van der Waals surface area contributed by atoms with Crippen LogP contribution in [-0.2, 0) is 16.1 Å². The molecule has 35 heavy (non-hydrogen) atoms. The number of hydrogen-bond acceptors (Lipinski definition) is 6. The Hall–Kier alpha value is -4.59. The Kier molecular flexibility index (Phi) is 7.42. The summed E-state index contributed by atoms with van der Waals surface area (Å²) in [6.45, 7) is -0.177. The lowest BCUT2D eigenvalue weighted by atomic mass is 10.1. The molecule has 0 aliphatic rings. The van der Waals surface area contributed by atoms with E-state index in [1.165, 1.54) is 4.68 Å². The highest BCUT2D eigenvalue weighted by molar-refractivity contribution is 5.91. The van der Waals surface area contributed by atoms with Crippen LogP contribution in [0, 0.1) is 0 Å². The highest BCUT2D eigenvalue weighted by Crippen LogP contribution is 2.27. The van der Waals surface area contributed by atoms with E-state index in [0.717, 1.165) is 11.1 Å². The SMILES string of the molecule is COc1ccc(CNC(=O)COC(=O)c2cc(-c3ccccc3)nn2-c2ccccc2)cc1OC. The predicted octanol–water partition coefficient (Wildman–Crippen LogP) is 4.03. The fraction of sp³-hybridized carbons (Fsp3) is 0.148. The molecule has 0 aliphatic heterocycles. The molecule has 1 N–H and O–H groups in total. The highest BCUT2D eigenvalue weighted by Gasteiger charge is 2.20. The van der Waals surface area contributed by atoms with Crippen LogP contribution >= 0.6 is 0 Å². The van der Waals surface area contributed by atoms with Crippen molar-refractivity contribution in [1.82, 2.24) is 15.1 Å². The molecule has 8 heteroatoms. The maximum Gasteiger partial charge on any atom is 0.357 e. The number of aromatic nitrogens is 2. The zero-order valence-corrected chi connectivity index (χ0v) is 19.4. The molecule has 0 radical (unpaired) electrons. The van der Waals surface area contributed by atoms with Crippen molar-refractivity contribution in [1.29, 1.82) is 0 Å². The number of carbonyl (C=O) groups is 2. The number of methoxy groups -OCH3 is 2. The van der Waals surface area contributed by atoms with E-state index in [2.05, 4.69) is 10.4 Å². The van der Waals surface area contributed by atoms with Crippen LogP contribution in [0.5, 0.6) is 11.5 Å². The first-order valence-electron chi connectivity index (χ1n) is 10.9. The van der Waals surface area contributed by atoms with E-state index in [1.807, 2.05) is 66.7 Å². The van der Waals surface area contributed by atoms with Crippen molar-refractivity contribution in [2.24, 2.45) is 0 Å². The molecule has 4 aromatic rings. The molecular weight excluding hydrogens is 446 g/mol. The summed E-state index contributed by atoms with van der Waals surface area (Å²) < 4.78 is 17.3. The van der Waals surface area contributed by atoms with E-state index in [-0.39, 0.29) is 12.2 Å². The minimum atomic E-state index is -0.648. The van der Waals surface area contributed by atoms with Gasteiger partial charge in [0.25, 0.3) is 5.91 Å². The maximum atomic E-state index is 12.9. The van der Waals surface area contributed by atoms with Crippen LogP contribution in [0.25, 0.3) is 16.9 Å². The molecule has 0 saturated carbocycles. The van der Waals surface area contributed by atoms with Gasteiger partial charge in [-0.1, -0.05) is 54.6 Å². The largest absolute Gasteiger partial charge is 0.493 e. The van der Waals surface area contributed by atoms with Gasteiger partial charge in [0.1, 0.15) is 0 Å². The topological polar surface area (TPSA) is 91.7 Å². The summed E-state index contributed by atoms with van der Waals surface area (Å²) in [6.07, 6.45) is 0. The van der Waals surface area contributed by atoms with E-state index in [9.17, 15) is 9.59 Å². The third kappa shape index (κ3) is 5.67. The number of rotatable bonds is 9. The third-order valence-corrected chi connectivity index (χ3v) is 5.26. The number of nitrogens with one attached hydrogen (secondary N) is 1. The second-order valence-electron chi connectivity index (χ2n) is 7.57. The zero-order valence-electron chi connectivity index (χ0n) is 19.4. The number of nitrogens with zero attached hydrogens (tertiary/aromatic N) is 2. The molecule has 8 nitrogen and oxygen atoms in total. The van der Waals surface area contributed by atoms with Crippen LogP contribution < -0.4 is 14.8 Å². The monoisotopic (exact) mass is 471 g/mol. The molecule has 1 amide bonds. The predicted molar refractivity (Wildman–Crippen MR) is 131 cm³/mol. The second kappa shape index (κ2) is 11.0. The van der Waals surface area contributed by atoms with Crippen LogP contribution in [0.15, 0.2) is 84.9 Å². The minimum absolute atomic E-state index is 0.225. The summed E-state index contributed by atoms with van der Waals surface area (Å²) >= 11 is 0. The van der Waals surface area contributed by atoms with Crippen molar-refractivity contribution in [2.75, 3.05) is 20.8 Å². The van der Waals surface area contributed by atoms with Crippen molar-refractivity contribution in [3.8, 4) is 28.4 Å². The lowest BCUT2D eigenvalue weighted by Gasteiger charge is -2.11. The van der Waals surface area contributed by atoms with Gasteiger partial charge in [0.2, 0.25) is 0 Å². The Bertz CT molecular complexity index is 1300. The van der Waals surface area contributed by atoms with Gasteiger partial charge in [-0.25, -0.2) is 9.48 Å². The third-order valence-electron chi connectivity index (χ3n) is 5.26. The summed E-state index contributed by atoms with van der Waals surface area (Å²) in [5.74, 6) is 0.0856. The summed E-state index contributed by atoms with van der Waals surface area (Å²) in [7, 11) is 3.10. The quantitative estimate of drug-likeness (QED) is 0.371. The van der Waals surface area contributed by atoms with Gasteiger partial charge in [-0.3, -0.25) is 4.79 Å². The van der Waals surface area contributed by atoms with Gasteiger partial charge in [-0.2, -0.15) is 5.10 Å². The zero-order chi connectivity index (χ0) is 24.6. The molecule has 4 rings (SSSR count). The van der Waals surface area contributed by atoms with Gasteiger partial charge >= 0.3 is 5.97 Å². The highest BCUT2D eigenvalue weighted by atomic mass is 16.5. The molecular formula is C27H25N3O5. The first kappa shape index (κ1) is 23.6. The van der Waals surface area contributed by atoms with Crippen molar-refractivity contribution in [2.45, 2.75) is 6.54 Å². The number of benzene rings is 3. The van der Waals surface area contributed by atoms with Gasteiger partial charge in [-0.15, -0.1) is 0 Å². The number of para-hydroxylation sites is 1. The molecule has 0 saturated heterocycles. The summed E-state index contributed by atoms with van der Waals surface area (Å²) in [6, 6.07) is 25.8. The number of hydrogen-bond donors (Lipinski definition) is 1. The Balaban J connectivity index is 1.44. The maximum absolute atomic E-state index is 12.9. The van der Waals surface area contributed by atoms with Gasteiger partial charge < -0.3 is 19.5 Å². The van der Waals surface area contributed by atoms with E-state index in [1.54, 1.807) is 32.4 Å². The van der Waals surface area contributed by atoms with E-state index in [0.29, 0.717) is 22.9 Å². The van der Waals surface area contributed by atoms with Gasteiger partial charge in [0, 0.05) is 12.1 Å². The molecule has 0 aliphatic carbocycles. The normalized spacial score (nSPS) is 10.5. The summed E-state index contributed by atoms with van der Waals surface area (Å²) in [4.78, 5) is 25.3. The summed E-state index contributed by atoms with van der Waals surface area (Å²) in [5, 5.41) is 7.34. The minimum Gasteiger partial charge on any atom is -0.493 e. The fourth-order valence-electron chi connectivity index (χ4n) is 3.49. The molecule has 3 aromatic carbocycles. The van der Waals surface area contributed by atoms with Crippen molar-refractivity contribution in [3.63, 3.8) is 0 Å². The van der Waals surface area contributed by atoms with E-state index < -0.39 is 18.5 Å². The van der Waals surface area contributed by atoms with Crippen molar-refractivity contribution in [3.05, 3.63) is 96.2 Å². The fourth-order valence-corrected chi connectivity index (χ4v) is 3.49. The van der Waals surface area contributed by atoms with Crippen LogP contribution in [0.1, 0.15) is 16.1 Å². The Morgan fingerprint density at radius 2 is 1.54 bits per heavy atom. The van der Waals surface area contributed by atoms with Crippen molar-refractivity contribution < 1.29 is 23.8 Å². The Labute approximate surface area is 203 Å². The molecule has 178 valence electrons. The smallest absolute Gasteiger partial charge is 0.357 e. The summed E-state index contributed by atoms with van der Waals surface area (Å²) in [5.41, 5.74) is 3.24. The lowest BCUT2D eigenvalue weighted by molar-refractivity contribution is -0.124. The average molecular weight is 472 g/mol. The van der Waals surface area contributed by atoms with Gasteiger partial charge in [0.15, 0.2) is 23.8 Å². The van der Waals surface area contributed by atoms with Gasteiger partial charge in [-0.05, 0) is 35.9 Å². The molecule has 1 heterocycles. The number of amides is 1. The lowest BCUT2D eigenvalue weighted by Crippen LogP contribution is -2.28. The van der Waals surface area contributed by atoms with Crippen molar-refractivity contribution >= 4 is 11.9 Å². The van der Waals surface area contributed by atoms with E-state index in [4.69, 9.17) is 14.2 Å². The molecule has 0 bridgehead atoms. The molecule has 1 aromatic heterocycles. The van der Waals surface area contributed by atoms with Crippen LogP contribution in [0.4, 0.5) is 0 Å². The Morgan fingerprint density at radius 3 is 2.23 bits per heavy atom. The van der Waals surface area contributed by atoms with E-state index >= 15 is 0 Å². The number of ether oxygens (including phenoxy) is 3. The molecule has 0 atom stereocenters. The first-order chi connectivity index (χ1) is 17.1. The molecule has 0 spiro atoms. The molecule has 0 unspecified atom stereocenters. The van der Waals surface area contributed by atoms with Crippen LogP contribution in [0.2, 0.25) is 0 Å². The second-order valence-corrected chi connectivity index (χ2v) is 7.57. The average Bonchev–Trinajstić information content (AvgIpc) is 3.37.